The van der Waals surface area contributed by atoms with E-state index >= 15 is 0 Å². The van der Waals surface area contributed by atoms with Gasteiger partial charge in [0.15, 0.2) is 0 Å². The van der Waals surface area contributed by atoms with E-state index in [-0.39, 0.29) is 0 Å². The van der Waals surface area contributed by atoms with E-state index in [1.807, 2.05) is 0 Å². The summed E-state index contributed by atoms with van der Waals surface area (Å²) >= 11 is 0. The van der Waals surface area contributed by atoms with Gasteiger partial charge >= 0.3 is 0 Å². The molecule has 0 aliphatic heterocycles. The third-order valence-corrected chi connectivity index (χ3v) is 2.05. The summed E-state index contributed by atoms with van der Waals surface area (Å²) in [5, 5.41) is 3.36. The number of ether oxygens (including phenoxy) is 1. The van der Waals surface area contributed by atoms with Crippen LogP contribution in [0, 0.1) is 11.8 Å². The van der Waals surface area contributed by atoms with Crippen LogP contribution in [0.1, 0.15) is 40.5 Å². The summed E-state index contributed by atoms with van der Waals surface area (Å²) in [7, 11) is 0. The fraction of sp³-hybridized carbons (Fsp3) is 1.00. The van der Waals surface area contributed by atoms with E-state index in [1.54, 1.807) is 0 Å². The molecule has 86 valence electrons. The van der Waals surface area contributed by atoms with Crippen molar-refractivity contribution in [2.24, 2.45) is 11.8 Å². The predicted octanol–water partition coefficient (Wildman–Crippen LogP) is 2.68. The summed E-state index contributed by atoms with van der Waals surface area (Å²) in [5.41, 5.74) is 0. The van der Waals surface area contributed by atoms with Crippen LogP contribution in [-0.2, 0) is 4.74 Å². The second-order valence-electron chi connectivity index (χ2n) is 4.75. The highest BCUT2D eigenvalue weighted by atomic mass is 16.5. The molecule has 0 amide bonds. The van der Waals surface area contributed by atoms with E-state index < -0.39 is 0 Å². The van der Waals surface area contributed by atoms with Gasteiger partial charge in [0, 0.05) is 13.2 Å². The van der Waals surface area contributed by atoms with Crippen LogP contribution < -0.4 is 5.32 Å². The van der Waals surface area contributed by atoms with Crippen LogP contribution in [0.15, 0.2) is 0 Å². The summed E-state index contributed by atoms with van der Waals surface area (Å²) in [6, 6.07) is 0. The summed E-state index contributed by atoms with van der Waals surface area (Å²) < 4.78 is 5.50. The Hall–Kier alpha value is -0.0800. The molecule has 0 fully saturated rings. The molecule has 0 saturated heterocycles. The first-order chi connectivity index (χ1) is 6.63. The Morgan fingerprint density at radius 2 is 1.71 bits per heavy atom. The van der Waals surface area contributed by atoms with Crippen molar-refractivity contribution in [3.05, 3.63) is 0 Å². The van der Waals surface area contributed by atoms with E-state index in [0.29, 0.717) is 0 Å². The third kappa shape index (κ3) is 11.9. The highest BCUT2D eigenvalue weighted by Gasteiger charge is 1.95. The third-order valence-electron chi connectivity index (χ3n) is 2.05. The van der Waals surface area contributed by atoms with Gasteiger partial charge in [0.1, 0.15) is 0 Å². The minimum Gasteiger partial charge on any atom is -0.380 e. The van der Waals surface area contributed by atoms with Gasteiger partial charge < -0.3 is 10.1 Å². The minimum atomic E-state index is 0.732. The van der Waals surface area contributed by atoms with Gasteiger partial charge in [-0.05, 0) is 31.2 Å². The molecule has 0 unspecified atom stereocenters. The quantitative estimate of drug-likeness (QED) is 0.579. The largest absolute Gasteiger partial charge is 0.380 e. The molecule has 1 N–H and O–H groups in total. The van der Waals surface area contributed by atoms with E-state index in [2.05, 4.69) is 33.0 Å². The van der Waals surface area contributed by atoms with Crippen LogP contribution in [0.5, 0.6) is 0 Å². The van der Waals surface area contributed by atoms with E-state index in [1.165, 1.54) is 12.8 Å². The van der Waals surface area contributed by atoms with Gasteiger partial charge in [-0.1, -0.05) is 27.7 Å². The molecule has 2 heteroatoms. The van der Waals surface area contributed by atoms with Crippen molar-refractivity contribution >= 4 is 0 Å². The maximum Gasteiger partial charge on any atom is 0.0590 e. The molecule has 0 radical (unpaired) electrons. The predicted molar refractivity (Wildman–Crippen MR) is 62.6 cm³/mol. The summed E-state index contributed by atoms with van der Waals surface area (Å²) in [6.07, 6.45) is 2.47. The topological polar surface area (TPSA) is 21.3 Å². The average Bonchev–Trinajstić information content (AvgIpc) is 2.08. The van der Waals surface area contributed by atoms with Gasteiger partial charge in [-0.2, -0.15) is 0 Å². The van der Waals surface area contributed by atoms with Gasteiger partial charge in [0.2, 0.25) is 0 Å². The summed E-state index contributed by atoms with van der Waals surface area (Å²) in [4.78, 5) is 0. The Kier molecular flexibility index (Phi) is 9.42. The zero-order chi connectivity index (χ0) is 10.8. The molecule has 0 rings (SSSR count). The zero-order valence-electron chi connectivity index (χ0n) is 10.3. The molecule has 0 aromatic carbocycles. The number of rotatable bonds is 9. The second kappa shape index (κ2) is 9.47. The van der Waals surface area contributed by atoms with Crippen LogP contribution in [-0.4, -0.2) is 26.3 Å². The molecule has 2 nitrogen and oxygen atoms in total. The maximum absolute atomic E-state index is 5.50. The highest BCUT2D eigenvalue weighted by Crippen LogP contribution is 2.02. The Morgan fingerprint density at radius 3 is 2.29 bits per heavy atom. The molecule has 0 saturated carbocycles. The van der Waals surface area contributed by atoms with Crippen LogP contribution >= 0.6 is 0 Å². The SMILES string of the molecule is CC(C)CCCOCCNCC(C)C. The highest BCUT2D eigenvalue weighted by molar-refractivity contribution is 4.50. The van der Waals surface area contributed by atoms with Crippen LogP contribution in [0.25, 0.3) is 0 Å². The van der Waals surface area contributed by atoms with Crippen LogP contribution in [0.3, 0.4) is 0 Å². The van der Waals surface area contributed by atoms with Crippen LogP contribution in [0.4, 0.5) is 0 Å². The Bertz CT molecular complexity index is 98.9. The Labute approximate surface area is 89.4 Å². The van der Waals surface area contributed by atoms with Gasteiger partial charge in [-0.15, -0.1) is 0 Å². The number of hydrogen-bond acceptors (Lipinski definition) is 2. The molecule has 14 heavy (non-hydrogen) atoms. The van der Waals surface area contributed by atoms with E-state index in [4.69, 9.17) is 4.74 Å². The molecule has 0 aliphatic rings. The van der Waals surface area contributed by atoms with Crippen molar-refractivity contribution in [2.45, 2.75) is 40.5 Å². The first-order valence-electron chi connectivity index (χ1n) is 5.91. The van der Waals surface area contributed by atoms with Gasteiger partial charge in [-0.3, -0.25) is 0 Å². The molecule has 0 heterocycles. The molecule has 0 bridgehead atoms. The van der Waals surface area contributed by atoms with Crippen molar-refractivity contribution in [3.8, 4) is 0 Å². The van der Waals surface area contributed by atoms with E-state index in [9.17, 15) is 0 Å². The monoisotopic (exact) mass is 201 g/mol. The fourth-order valence-corrected chi connectivity index (χ4v) is 1.23. The van der Waals surface area contributed by atoms with Gasteiger partial charge in [0.05, 0.1) is 6.61 Å². The first kappa shape index (κ1) is 13.9. The molecule has 0 spiro atoms. The summed E-state index contributed by atoms with van der Waals surface area (Å²) in [5.74, 6) is 1.54. The smallest absolute Gasteiger partial charge is 0.0590 e. The van der Waals surface area contributed by atoms with Gasteiger partial charge in [-0.25, -0.2) is 0 Å². The Morgan fingerprint density at radius 1 is 1.00 bits per heavy atom. The lowest BCUT2D eigenvalue weighted by Crippen LogP contribution is -2.24. The van der Waals surface area contributed by atoms with E-state index in [0.717, 1.165) is 38.1 Å². The molecule has 0 aliphatic carbocycles. The molecular weight excluding hydrogens is 174 g/mol. The average molecular weight is 201 g/mol. The fourth-order valence-electron chi connectivity index (χ4n) is 1.23. The zero-order valence-corrected chi connectivity index (χ0v) is 10.3. The molecule has 0 atom stereocenters. The van der Waals surface area contributed by atoms with Crippen molar-refractivity contribution in [1.29, 1.82) is 0 Å². The normalized spacial score (nSPS) is 11.6. The molecule has 0 aromatic heterocycles. The summed E-state index contributed by atoms with van der Waals surface area (Å²) in [6.45, 7) is 12.8. The lowest BCUT2D eigenvalue weighted by molar-refractivity contribution is 0.129. The number of nitrogens with one attached hydrogen (secondary N) is 1. The van der Waals surface area contributed by atoms with Crippen LogP contribution in [0.2, 0.25) is 0 Å². The van der Waals surface area contributed by atoms with Crippen molar-refractivity contribution in [2.75, 3.05) is 26.3 Å². The number of hydrogen-bond donors (Lipinski definition) is 1. The van der Waals surface area contributed by atoms with Crippen molar-refractivity contribution in [1.82, 2.24) is 5.32 Å². The van der Waals surface area contributed by atoms with Crippen molar-refractivity contribution in [3.63, 3.8) is 0 Å². The molecular formula is C12H27NO. The minimum absolute atomic E-state index is 0.732. The first-order valence-corrected chi connectivity index (χ1v) is 5.91. The lowest BCUT2D eigenvalue weighted by atomic mass is 10.1. The standard InChI is InChI=1S/C12H27NO/c1-11(2)6-5-8-14-9-7-13-10-12(3)4/h11-13H,5-10H2,1-4H3. The van der Waals surface area contributed by atoms with Crippen molar-refractivity contribution < 1.29 is 4.74 Å². The molecule has 0 aromatic rings. The maximum atomic E-state index is 5.50. The Balaban J connectivity index is 2.92. The second-order valence-corrected chi connectivity index (χ2v) is 4.75. The lowest BCUT2D eigenvalue weighted by Gasteiger charge is -2.08. The van der Waals surface area contributed by atoms with Gasteiger partial charge in [0.25, 0.3) is 0 Å².